The Morgan fingerprint density at radius 1 is 1.00 bits per heavy atom. The molecule has 0 heterocycles. The molecule has 0 unspecified atom stereocenters. The van der Waals surface area contributed by atoms with Crippen molar-refractivity contribution in [1.29, 1.82) is 0 Å². The zero-order valence-corrected chi connectivity index (χ0v) is 13.2. The molecular formula is C15H23NO5. The van der Waals surface area contributed by atoms with E-state index in [1.165, 1.54) is 12.2 Å². The van der Waals surface area contributed by atoms with Crippen molar-refractivity contribution in [1.82, 2.24) is 5.32 Å². The van der Waals surface area contributed by atoms with Crippen molar-refractivity contribution in [2.45, 2.75) is 40.2 Å². The highest BCUT2D eigenvalue weighted by atomic mass is 16.5. The van der Waals surface area contributed by atoms with Gasteiger partial charge in [0.2, 0.25) is 5.91 Å². The van der Waals surface area contributed by atoms with E-state index in [4.69, 9.17) is 9.47 Å². The minimum Gasteiger partial charge on any atom is -0.463 e. The summed E-state index contributed by atoms with van der Waals surface area (Å²) >= 11 is 0. The van der Waals surface area contributed by atoms with E-state index in [1.807, 2.05) is 20.8 Å². The lowest BCUT2D eigenvalue weighted by Crippen LogP contribution is -2.39. The lowest BCUT2D eigenvalue weighted by Gasteiger charge is -2.18. The highest BCUT2D eigenvalue weighted by Gasteiger charge is 2.14. The van der Waals surface area contributed by atoms with Crippen LogP contribution in [0.5, 0.6) is 0 Å². The second kappa shape index (κ2) is 8.94. The molecule has 6 nitrogen and oxygen atoms in total. The van der Waals surface area contributed by atoms with Crippen molar-refractivity contribution in [3.8, 4) is 0 Å². The predicted molar refractivity (Wildman–Crippen MR) is 78.4 cm³/mol. The van der Waals surface area contributed by atoms with Crippen LogP contribution in [0.2, 0.25) is 0 Å². The highest BCUT2D eigenvalue weighted by molar-refractivity contribution is 6.00. The summed E-state index contributed by atoms with van der Waals surface area (Å²) in [7, 11) is 0. The van der Waals surface area contributed by atoms with Gasteiger partial charge in [-0.3, -0.25) is 4.79 Å². The lowest BCUT2D eigenvalue weighted by molar-refractivity contribution is -0.140. The molecule has 0 spiro atoms. The summed E-state index contributed by atoms with van der Waals surface area (Å²) < 4.78 is 9.55. The molecule has 0 radical (unpaired) electrons. The smallest absolute Gasteiger partial charge is 0.338 e. The summed E-state index contributed by atoms with van der Waals surface area (Å²) in [5, 5.41) is 2.70. The number of hydrogen-bond acceptors (Lipinski definition) is 5. The number of nitrogens with one attached hydrogen (secondary N) is 1. The number of carbonyl (C=O) groups excluding carboxylic acids is 3. The van der Waals surface area contributed by atoms with E-state index >= 15 is 0 Å². The largest absolute Gasteiger partial charge is 0.463 e. The van der Waals surface area contributed by atoms with Gasteiger partial charge in [-0.15, -0.1) is 0 Å². The van der Waals surface area contributed by atoms with Crippen molar-refractivity contribution in [2.75, 3.05) is 13.2 Å². The van der Waals surface area contributed by atoms with E-state index in [1.54, 1.807) is 13.8 Å². The van der Waals surface area contributed by atoms with Crippen LogP contribution in [0.15, 0.2) is 23.8 Å². The van der Waals surface area contributed by atoms with Crippen LogP contribution in [0.3, 0.4) is 0 Å². The van der Waals surface area contributed by atoms with Crippen LogP contribution in [0, 0.1) is 0 Å². The summed E-state index contributed by atoms with van der Waals surface area (Å²) in [6, 6.07) is 0. The first-order valence-corrected chi connectivity index (χ1v) is 6.75. The Bertz CT molecular complexity index is 443. The standard InChI is InChI=1S/C15H23NO5/c1-6-20-13(18)10-11(14(19)21-7-2)8-9-12(17)16-15(3,4)5/h8-10H,6-7H2,1-5H3,(H,16,17)/b9-8+,11-10-. The maximum absolute atomic E-state index is 11.7. The number of amides is 1. The Morgan fingerprint density at radius 2 is 1.57 bits per heavy atom. The van der Waals surface area contributed by atoms with Crippen molar-refractivity contribution >= 4 is 17.8 Å². The van der Waals surface area contributed by atoms with E-state index in [0.717, 1.165) is 6.08 Å². The van der Waals surface area contributed by atoms with Crippen molar-refractivity contribution < 1.29 is 23.9 Å². The third-order valence-corrected chi connectivity index (χ3v) is 1.98. The molecule has 0 saturated carbocycles. The molecule has 0 aromatic carbocycles. The average Bonchev–Trinajstić information content (AvgIpc) is 2.32. The molecular weight excluding hydrogens is 274 g/mol. The first kappa shape index (κ1) is 18.9. The molecule has 0 aliphatic carbocycles. The van der Waals surface area contributed by atoms with Crippen molar-refractivity contribution in [2.24, 2.45) is 0 Å². The molecule has 0 fully saturated rings. The fraction of sp³-hybridized carbons (Fsp3) is 0.533. The van der Waals surface area contributed by atoms with Crippen LogP contribution in [-0.4, -0.2) is 36.6 Å². The molecule has 0 atom stereocenters. The molecule has 21 heavy (non-hydrogen) atoms. The Morgan fingerprint density at radius 3 is 2.05 bits per heavy atom. The van der Waals surface area contributed by atoms with E-state index in [9.17, 15) is 14.4 Å². The second-order valence-electron chi connectivity index (χ2n) is 5.14. The number of rotatable bonds is 6. The van der Waals surface area contributed by atoms with Gasteiger partial charge < -0.3 is 14.8 Å². The summed E-state index contributed by atoms with van der Waals surface area (Å²) in [4.78, 5) is 34.8. The van der Waals surface area contributed by atoms with Crippen molar-refractivity contribution in [3.05, 3.63) is 23.8 Å². The summed E-state index contributed by atoms with van der Waals surface area (Å²) in [5.41, 5.74) is -0.435. The predicted octanol–water partition coefficient (Wildman–Crippen LogP) is 1.51. The zero-order valence-electron chi connectivity index (χ0n) is 13.2. The molecule has 0 aromatic rings. The molecule has 1 amide bonds. The first-order valence-electron chi connectivity index (χ1n) is 6.75. The summed E-state index contributed by atoms with van der Waals surface area (Å²) in [6.45, 7) is 9.16. The van der Waals surface area contributed by atoms with Gasteiger partial charge >= 0.3 is 11.9 Å². The Labute approximate surface area is 125 Å². The molecule has 0 bridgehead atoms. The van der Waals surface area contributed by atoms with E-state index < -0.39 is 17.5 Å². The van der Waals surface area contributed by atoms with E-state index in [0.29, 0.717) is 0 Å². The first-order chi connectivity index (χ1) is 9.69. The summed E-state index contributed by atoms with van der Waals surface area (Å²) in [5.74, 6) is -1.73. The fourth-order valence-corrected chi connectivity index (χ4v) is 1.28. The normalized spacial score (nSPS) is 12.1. The van der Waals surface area contributed by atoms with Gasteiger partial charge in [0.15, 0.2) is 0 Å². The average molecular weight is 297 g/mol. The topological polar surface area (TPSA) is 81.7 Å². The molecule has 1 N–H and O–H groups in total. The minimum atomic E-state index is -0.689. The van der Waals surface area contributed by atoms with Crippen LogP contribution in [0.4, 0.5) is 0 Å². The number of hydrogen-bond donors (Lipinski definition) is 1. The van der Waals surface area contributed by atoms with Gasteiger partial charge in [-0.05, 0) is 40.7 Å². The van der Waals surface area contributed by atoms with Crippen LogP contribution in [-0.2, 0) is 23.9 Å². The van der Waals surface area contributed by atoms with E-state index in [-0.39, 0.29) is 24.7 Å². The maximum Gasteiger partial charge on any atom is 0.338 e. The lowest BCUT2D eigenvalue weighted by atomic mass is 10.1. The quantitative estimate of drug-likeness (QED) is 0.456. The number of ether oxygens (including phenoxy) is 2. The molecule has 118 valence electrons. The number of carbonyl (C=O) groups is 3. The number of esters is 2. The molecule has 0 saturated heterocycles. The fourth-order valence-electron chi connectivity index (χ4n) is 1.28. The molecule has 0 rings (SSSR count). The molecule has 6 heteroatoms. The van der Waals surface area contributed by atoms with Gasteiger partial charge in [0.1, 0.15) is 0 Å². The minimum absolute atomic E-state index is 0.0423. The second-order valence-corrected chi connectivity index (χ2v) is 5.14. The monoisotopic (exact) mass is 297 g/mol. The molecule has 0 aromatic heterocycles. The van der Waals surface area contributed by atoms with Crippen molar-refractivity contribution in [3.63, 3.8) is 0 Å². The van der Waals surface area contributed by atoms with Gasteiger partial charge in [-0.2, -0.15) is 0 Å². The Balaban J connectivity index is 5.02. The van der Waals surface area contributed by atoms with Gasteiger partial charge in [0.05, 0.1) is 18.8 Å². The third kappa shape index (κ3) is 9.43. The summed E-state index contributed by atoms with van der Waals surface area (Å²) in [6.07, 6.45) is 3.41. The maximum atomic E-state index is 11.7. The molecule has 0 aliphatic rings. The van der Waals surface area contributed by atoms with Gasteiger partial charge in [0.25, 0.3) is 0 Å². The van der Waals surface area contributed by atoms with Crippen LogP contribution >= 0.6 is 0 Å². The van der Waals surface area contributed by atoms with Crippen LogP contribution in [0.1, 0.15) is 34.6 Å². The van der Waals surface area contributed by atoms with Gasteiger partial charge in [0, 0.05) is 17.7 Å². The Kier molecular flexibility index (Phi) is 8.04. The highest BCUT2D eigenvalue weighted by Crippen LogP contribution is 2.04. The van der Waals surface area contributed by atoms with Crippen LogP contribution < -0.4 is 5.32 Å². The van der Waals surface area contributed by atoms with Gasteiger partial charge in [-0.1, -0.05) is 0 Å². The molecule has 0 aliphatic heterocycles. The zero-order chi connectivity index (χ0) is 16.5. The van der Waals surface area contributed by atoms with E-state index in [2.05, 4.69) is 5.32 Å². The van der Waals surface area contributed by atoms with Crippen LogP contribution in [0.25, 0.3) is 0 Å². The SMILES string of the molecule is CCOC(=O)/C=C(/C=C/C(=O)NC(C)(C)C)C(=O)OCC. The Hall–Kier alpha value is -2.11. The third-order valence-electron chi connectivity index (χ3n) is 1.98. The van der Waals surface area contributed by atoms with Gasteiger partial charge in [-0.25, -0.2) is 9.59 Å².